The summed E-state index contributed by atoms with van der Waals surface area (Å²) in [5.74, 6) is 0.587. The monoisotopic (exact) mass is 288 g/mol. The molecule has 3 rings (SSSR count). The maximum absolute atomic E-state index is 12.6. The normalized spacial score (nSPS) is 18.6. The molecule has 1 amide bonds. The van der Waals surface area contributed by atoms with Gasteiger partial charge in [0.2, 0.25) is 0 Å². The second-order valence-corrected chi connectivity index (χ2v) is 5.52. The number of rotatable bonds is 4. The number of aryl methyl sites for hydroxylation is 1. The Balaban J connectivity index is 1.81. The Kier molecular flexibility index (Phi) is 3.88. The molecular weight excluding hydrogens is 268 g/mol. The lowest BCUT2D eigenvalue weighted by Crippen LogP contribution is -2.30. The molecule has 1 atom stereocenters. The van der Waals surface area contributed by atoms with Crippen LogP contribution in [0.4, 0.5) is 0 Å². The number of nitrogens with zero attached hydrogens (tertiary/aromatic N) is 3. The highest BCUT2D eigenvalue weighted by Gasteiger charge is 2.27. The molecule has 3 heterocycles. The quantitative estimate of drug-likeness (QED) is 0.922. The third-order valence-corrected chi connectivity index (χ3v) is 4.05. The summed E-state index contributed by atoms with van der Waals surface area (Å²) in [6.07, 6.45) is 3.40. The van der Waals surface area contributed by atoms with Crippen molar-refractivity contribution in [2.45, 2.75) is 19.8 Å². The van der Waals surface area contributed by atoms with E-state index in [1.54, 1.807) is 6.20 Å². The lowest BCUT2D eigenvalue weighted by molar-refractivity contribution is 0.0787. The van der Waals surface area contributed by atoms with Crippen LogP contribution in [0, 0.1) is 5.92 Å². The molecule has 112 valence electrons. The lowest BCUT2D eigenvalue weighted by atomic mass is 10.1. The minimum absolute atomic E-state index is 0.0475. The first-order valence-electron chi connectivity index (χ1n) is 7.41. The molecule has 1 aliphatic rings. The number of nitrogens with one attached hydrogen (secondary N) is 1. The Bertz CT molecular complexity index is 652. The molecule has 0 bridgehead atoms. The minimum atomic E-state index is 0.0475. The van der Waals surface area contributed by atoms with Crippen LogP contribution in [0.25, 0.3) is 11.1 Å². The van der Waals surface area contributed by atoms with Crippen LogP contribution in [0.5, 0.6) is 0 Å². The van der Waals surface area contributed by atoms with E-state index in [1.165, 1.54) is 0 Å². The van der Waals surface area contributed by atoms with Crippen molar-refractivity contribution in [3.05, 3.63) is 23.5 Å². The summed E-state index contributed by atoms with van der Waals surface area (Å²) in [4.78, 5) is 18.7. The Morgan fingerprint density at radius 1 is 1.57 bits per heavy atom. The first kappa shape index (κ1) is 14.0. The van der Waals surface area contributed by atoms with E-state index in [1.807, 2.05) is 24.9 Å². The van der Waals surface area contributed by atoms with Crippen molar-refractivity contribution in [3.63, 3.8) is 0 Å². The van der Waals surface area contributed by atoms with Gasteiger partial charge in [0.05, 0.1) is 16.6 Å². The molecule has 6 nitrogen and oxygen atoms in total. The van der Waals surface area contributed by atoms with Crippen LogP contribution in [-0.2, 0) is 6.42 Å². The Morgan fingerprint density at radius 2 is 2.43 bits per heavy atom. The summed E-state index contributed by atoms with van der Waals surface area (Å²) in [6, 6.07) is 1.85. The second-order valence-electron chi connectivity index (χ2n) is 5.52. The zero-order chi connectivity index (χ0) is 14.8. The first-order valence-corrected chi connectivity index (χ1v) is 7.41. The molecule has 0 aliphatic carbocycles. The molecule has 1 fully saturated rings. The number of hydrogen-bond donors (Lipinski definition) is 1. The number of aromatic nitrogens is 2. The van der Waals surface area contributed by atoms with Gasteiger partial charge in [-0.05, 0) is 38.4 Å². The van der Waals surface area contributed by atoms with Gasteiger partial charge in [0.25, 0.3) is 11.6 Å². The fourth-order valence-corrected chi connectivity index (χ4v) is 2.91. The van der Waals surface area contributed by atoms with Crippen molar-refractivity contribution in [1.82, 2.24) is 20.4 Å². The van der Waals surface area contributed by atoms with Crippen LogP contribution in [-0.4, -0.2) is 47.6 Å². The second kappa shape index (κ2) is 5.81. The Labute approximate surface area is 123 Å². The van der Waals surface area contributed by atoms with Crippen molar-refractivity contribution in [1.29, 1.82) is 0 Å². The molecule has 1 unspecified atom stereocenters. The van der Waals surface area contributed by atoms with Crippen molar-refractivity contribution in [2.75, 3.05) is 26.7 Å². The standard InChI is InChI=1S/C15H20N4O2/c1-3-13-12-6-11(8-17-14(12)21-18-13)15(20)19-5-4-10(9-19)7-16-2/h6,8,10,16H,3-5,7,9H2,1-2H3. The zero-order valence-electron chi connectivity index (χ0n) is 12.4. The lowest BCUT2D eigenvalue weighted by Gasteiger charge is -2.16. The van der Waals surface area contributed by atoms with Crippen molar-refractivity contribution >= 4 is 17.0 Å². The number of fused-ring (bicyclic) bond motifs is 1. The van der Waals surface area contributed by atoms with Gasteiger partial charge >= 0.3 is 0 Å². The number of carbonyl (C=O) groups excluding carboxylic acids is 1. The maximum atomic E-state index is 12.6. The molecule has 1 aliphatic heterocycles. The molecular formula is C15H20N4O2. The van der Waals surface area contributed by atoms with Gasteiger partial charge in [-0.3, -0.25) is 4.79 Å². The number of hydrogen-bond acceptors (Lipinski definition) is 5. The van der Waals surface area contributed by atoms with Crippen molar-refractivity contribution in [2.24, 2.45) is 5.92 Å². The minimum Gasteiger partial charge on any atom is -0.338 e. The van der Waals surface area contributed by atoms with E-state index in [9.17, 15) is 4.79 Å². The van der Waals surface area contributed by atoms with Gasteiger partial charge in [0.1, 0.15) is 0 Å². The summed E-state index contributed by atoms with van der Waals surface area (Å²) in [5, 5.41) is 7.99. The van der Waals surface area contributed by atoms with Crippen LogP contribution >= 0.6 is 0 Å². The molecule has 1 N–H and O–H groups in total. The van der Waals surface area contributed by atoms with Crippen LogP contribution < -0.4 is 5.32 Å². The number of pyridine rings is 1. The molecule has 0 radical (unpaired) electrons. The van der Waals surface area contributed by atoms with Crippen LogP contribution in [0.3, 0.4) is 0 Å². The van der Waals surface area contributed by atoms with Gasteiger partial charge in [-0.1, -0.05) is 12.1 Å². The number of amides is 1. The highest BCUT2D eigenvalue weighted by molar-refractivity contribution is 5.97. The summed E-state index contributed by atoms with van der Waals surface area (Å²) in [7, 11) is 1.94. The fraction of sp³-hybridized carbons (Fsp3) is 0.533. The SMILES string of the molecule is CCc1noc2ncc(C(=O)N3CCC(CNC)C3)cc12. The van der Waals surface area contributed by atoms with Gasteiger partial charge < -0.3 is 14.7 Å². The van der Waals surface area contributed by atoms with E-state index < -0.39 is 0 Å². The maximum Gasteiger partial charge on any atom is 0.257 e. The van der Waals surface area contributed by atoms with Crippen molar-refractivity contribution in [3.8, 4) is 0 Å². The van der Waals surface area contributed by atoms with E-state index in [-0.39, 0.29) is 5.91 Å². The van der Waals surface area contributed by atoms with Gasteiger partial charge in [0, 0.05) is 19.3 Å². The summed E-state index contributed by atoms with van der Waals surface area (Å²) in [6.45, 7) is 4.58. The smallest absolute Gasteiger partial charge is 0.257 e. The van der Waals surface area contributed by atoms with Crippen molar-refractivity contribution < 1.29 is 9.32 Å². The Hall–Kier alpha value is -1.95. The molecule has 1 saturated heterocycles. The largest absolute Gasteiger partial charge is 0.338 e. The highest BCUT2D eigenvalue weighted by Crippen LogP contribution is 2.22. The van der Waals surface area contributed by atoms with Gasteiger partial charge in [-0.25, -0.2) is 4.98 Å². The average molecular weight is 288 g/mol. The topological polar surface area (TPSA) is 71.3 Å². The highest BCUT2D eigenvalue weighted by atomic mass is 16.5. The first-order chi connectivity index (χ1) is 10.2. The van der Waals surface area contributed by atoms with E-state index in [2.05, 4.69) is 15.5 Å². The van der Waals surface area contributed by atoms with E-state index >= 15 is 0 Å². The summed E-state index contributed by atoms with van der Waals surface area (Å²) < 4.78 is 5.15. The zero-order valence-corrected chi connectivity index (χ0v) is 12.4. The van der Waals surface area contributed by atoms with Crippen LogP contribution in [0.2, 0.25) is 0 Å². The molecule has 21 heavy (non-hydrogen) atoms. The van der Waals surface area contributed by atoms with Crippen LogP contribution in [0.1, 0.15) is 29.4 Å². The molecule has 0 aromatic carbocycles. The molecule has 6 heteroatoms. The van der Waals surface area contributed by atoms with E-state index in [0.717, 1.165) is 43.6 Å². The Morgan fingerprint density at radius 3 is 3.19 bits per heavy atom. The third kappa shape index (κ3) is 2.63. The summed E-state index contributed by atoms with van der Waals surface area (Å²) >= 11 is 0. The fourth-order valence-electron chi connectivity index (χ4n) is 2.91. The van der Waals surface area contributed by atoms with Crippen LogP contribution in [0.15, 0.2) is 16.8 Å². The van der Waals surface area contributed by atoms with Gasteiger partial charge in [0.15, 0.2) is 0 Å². The van der Waals surface area contributed by atoms with Gasteiger partial charge in [-0.15, -0.1) is 0 Å². The molecule has 0 spiro atoms. The number of carbonyl (C=O) groups is 1. The third-order valence-electron chi connectivity index (χ3n) is 4.05. The number of likely N-dealkylation sites (tertiary alicyclic amines) is 1. The molecule has 2 aromatic rings. The predicted octanol–water partition coefficient (Wildman–Crippen LogP) is 1.47. The molecule has 0 saturated carbocycles. The molecule has 2 aromatic heterocycles. The average Bonchev–Trinajstić information content (AvgIpc) is 3.12. The van der Waals surface area contributed by atoms with E-state index in [4.69, 9.17) is 4.52 Å². The van der Waals surface area contributed by atoms with Gasteiger partial charge in [-0.2, -0.15) is 0 Å². The van der Waals surface area contributed by atoms with E-state index in [0.29, 0.717) is 17.2 Å². The summed E-state index contributed by atoms with van der Waals surface area (Å²) in [5.41, 5.74) is 1.96. The predicted molar refractivity (Wildman–Crippen MR) is 79.1 cm³/mol.